The molecule has 1 heterocycles. The molecular formula is C13H9F3N4O4. The Hall–Kier alpha value is -3.24. The number of halogens is 3. The van der Waals surface area contributed by atoms with Crippen LogP contribution in [0.1, 0.15) is 21.6 Å². The Morgan fingerprint density at radius 3 is 2.79 bits per heavy atom. The molecule has 0 fully saturated rings. The molecule has 0 spiro atoms. The van der Waals surface area contributed by atoms with E-state index in [4.69, 9.17) is 0 Å². The highest BCUT2D eigenvalue weighted by atomic mass is 19.4. The van der Waals surface area contributed by atoms with E-state index in [2.05, 4.69) is 15.1 Å². The lowest BCUT2D eigenvalue weighted by molar-refractivity contribution is -0.384. The number of benzene rings is 1. The average Bonchev–Trinajstić information content (AvgIpc) is 2.90. The summed E-state index contributed by atoms with van der Waals surface area (Å²) < 4.78 is 39.1. The Morgan fingerprint density at radius 2 is 2.17 bits per heavy atom. The van der Waals surface area contributed by atoms with Crippen molar-refractivity contribution < 1.29 is 27.7 Å². The molecule has 11 heteroatoms. The van der Waals surface area contributed by atoms with Crippen molar-refractivity contribution in [3.8, 4) is 0 Å². The summed E-state index contributed by atoms with van der Waals surface area (Å²) in [6, 6.07) is 5.22. The van der Waals surface area contributed by atoms with Crippen LogP contribution in [0.3, 0.4) is 0 Å². The Labute approximate surface area is 132 Å². The Morgan fingerprint density at radius 1 is 1.46 bits per heavy atom. The zero-order valence-electron chi connectivity index (χ0n) is 12.0. The minimum atomic E-state index is -4.82. The van der Waals surface area contributed by atoms with E-state index in [1.165, 1.54) is 25.2 Å². The number of nitro benzene ring substituents is 1. The number of nitrogens with zero attached hydrogens (tertiary/aromatic N) is 4. The van der Waals surface area contributed by atoms with Crippen LogP contribution in [0.4, 0.5) is 18.9 Å². The van der Waals surface area contributed by atoms with Crippen molar-refractivity contribution >= 4 is 17.9 Å². The number of aryl methyl sites for hydroxylation is 1. The second kappa shape index (κ2) is 6.48. The van der Waals surface area contributed by atoms with Gasteiger partial charge in [-0.2, -0.15) is 18.3 Å². The van der Waals surface area contributed by atoms with Crippen LogP contribution in [0.5, 0.6) is 0 Å². The van der Waals surface area contributed by atoms with Crippen molar-refractivity contribution in [2.45, 2.75) is 6.18 Å². The van der Waals surface area contributed by atoms with Gasteiger partial charge >= 0.3 is 12.1 Å². The number of carbonyl (C=O) groups excluding carboxylic acids is 1. The Balaban J connectivity index is 2.14. The summed E-state index contributed by atoms with van der Waals surface area (Å²) in [6.45, 7) is 0. The second-order valence-electron chi connectivity index (χ2n) is 4.53. The van der Waals surface area contributed by atoms with E-state index in [9.17, 15) is 28.1 Å². The van der Waals surface area contributed by atoms with Gasteiger partial charge in [-0.25, -0.2) is 4.79 Å². The molecule has 8 nitrogen and oxygen atoms in total. The third-order valence-electron chi connectivity index (χ3n) is 2.74. The van der Waals surface area contributed by atoms with E-state index in [1.54, 1.807) is 0 Å². The van der Waals surface area contributed by atoms with Crippen molar-refractivity contribution in [2.75, 3.05) is 0 Å². The number of hydrogen-bond donors (Lipinski definition) is 0. The second-order valence-corrected chi connectivity index (χ2v) is 4.53. The first-order valence-electron chi connectivity index (χ1n) is 6.28. The van der Waals surface area contributed by atoms with Crippen LogP contribution in [0.25, 0.3) is 0 Å². The maximum atomic E-state index is 12.7. The molecule has 0 aliphatic carbocycles. The third kappa shape index (κ3) is 3.94. The first-order chi connectivity index (χ1) is 11.2. The number of alkyl halides is 3. The molecule has 0 aliphatic heterocycles. The highest BCUT2D eigenvalue weighted by Crippen LogP contribution is 2.30. The van der Waals surface area contributed by atoms with Gasteiger partial charge in [0.25, 0.3) is 5.69 Å². The third-order valence-corrected chi connectivity index (χ3v) is 2.74. The first kappa shape index (κ1) is 17.1. The fourth-order valence-electron chi connectivity index (χ4n) is 1.75. The van der Waals surface area contributed by atoms with Gasteiger partial charge in [0.15, 0.2) is 5.69 Å². The Bertz CT molecular complexity index is 814. The van der Waals surface area contributed by atoms with Crippen molar-refractivity contribution in [2.24, 2.45) is 12.2 Å². The van der Waals surface area contributed by atoms with Crippen molar-refractivity contribution in [1.82, 2.24) is 9.78 Å². The molecule has 0 amide bonds. The molecule has 0 bridgehead atoms. The minimum absolute atomic E-state index is 0.211. The zero-order chi connectivity index (χ0) is 17.9. The van der Waals surface area contributed by atoms with Crippen LogP contribution in [0.15, 0.2) is 35.6 Å². The number of oxime groups is 1. The first-order valence-corrected chi connectivity index (χ1v) is 6.28. The van der Waals surface area contributed by atoms with Crippen LogP contribution in [0, 0.1) is 10.1 Å². The van der Waals surface area contributed by atoms with Gasteiger partial charge in [-0.15, -0.1) is 0 Å². The number of hydrogen-bond acceptors (Lipinski definition) is 6. The number of carbonyl (C=O) groups is 1. The molecule has 1 aromatic carbocycles. The summed E-state index contributed by atoms with van der Waals surface area (Å²) in [5.74, 6) is -1.35. The zero-order valence-corrected chi connectivity index (χ0v) is 12.0. The van der Waals surface area contributed by atoms with Crippen molar-refractivity contribution in [1.29, 1.82) is 0 Å². The molecule has 0 N–H and O–H groups in total. The SMILES string of the molecule is Cn1cc(C(=O)O/N=C/c2cccc([N+](=O)[O-])c2)c(C(F)(F)F)n1. The minimum Gasteiger partial charge on any atom is -0.313 e. The molecule has 0 atom stereocenters. The molecule has 1 aromatic heterocycles. The van der Waals surface area contributed by atoms with E-state index < -0.39 is 28.3 Å². The molecule has 0 saturated heterocycles. The molecule has 0 unspecified atom stereocenters. The van der Waals surface area contributed by atoms with E-state index in [0.29, 0.717) is 0 Å². The average molecular weight is 342 g/mol. The van der Waals surface area contributed by atoms with Crippen LogP contribution >= 0.6 is 0 Å². The summed E-state index contributed by atoms with van der Waals surface area (Å²) in [5.41, 5.74) is -2.15. The van der Waals surface area contributed by atoms with Crippen LogP contribution in [-0.2, 0) is 18.1 Å². The summed E-state index contributed by atoms with van der Waals surface area (Å²) in [4.78, 5) is 26.1. The van der Waals surface area contributed by atoms with Gasteiger partial charge in [0.1, 0.15) is 5.56 Å². The lowest BCUT2D eigenvalue weighted by atomic mass is 10.2. The van der Waals surface area contributed by atoms with E-state index in [-0.39, 0.29) is 11.3 Å². The molecule has 0 radical (unpaired) electrons. The summed E-state index contributed by atoms with van der Waals surface area (Å²) in [6.07, 6.45) is -3.00. The van der Waals surface area contributed by atoms with E-state index in [0.717, 1.165) is 23.2 Å². The molecule has 24 heavy (non-hydrogen) atoms. The summed E-state index contributed by atoms with van der Waals surface area (Å²) in [5, 5.41) is 17.0. The van der Waals surface area contributed by atoms with Gasteiger partial charge in [0, 0.05) is 30.9 Å². The monoisotopic (exact) mass is 342 g/mol. The molecule has 0 saturated carbocycles. The fourth-order valence-corrected chi connectivity index (χ4v) is 1.75. The fraction of sp³-hybridized carbons (Fsp3) is 0.154. The lowest BCUT2D eigenvalue weighted by Crippen LogP contribution is -2.13. The van der Waals surface area contributed by atoms with Crippen LogP contribution in [-0.4, -0.2) is 26.9 Å². The lowest BCUT2D eigenvalue weighted by Gasteiger charge is -2.03. The van der Waals surface area contributed by atoms with E-state index >= 15 is 0 Å². The summed E-state index contributed by atoms with van der Waals surface area (Å²) >= 11 is 0. The molecule has 0 aliphatic rings. The predicted octanol–water partition coefficient (Wildman–Crippen LogP) is 2.54. The largest absolute Gasteiger partial charge is 0.436 e. The standard InChI is InChI=1S/C13H9F3N4O4/c1-19-7-10(11(18-19)13(14,15)16)12(21)24-17-6-8-3-2-4-9(5-8)20(22)23/h2-7H,1H3/b17-6+. The highest BCUT2D eigenvalue weighted by Gasteiger charge is 2.39. The quantitative estimate of drug-likeness (QED) is 0.368. The molecule has 126 valence electrons. The smallest absolute Gasteiger partial charge is 0.313 e. The Kier molecular flexibility index (Phi) is 4.62. The summed E-state index contributed by atoms with van der Waals surface area (Å²) in [7, 11) is 1.22. The molecule has 2 rings (SSSR count). The molecular weight excluding hydrogens is 333 g/mol. The number of aromatic nitrogens is 2. The predicted molar refractivity (Wildman–Crippen MR) is 74.3 cm³/mol. The van der Waals surface area contributed by atoms with Gasteiger partial charge in [-0.05, 0) is 0 Å². The molecule has 2 aromatic rings. The normalized spacial score (nSPS) is 11.7. The van der Waals surface area contributed by atoms with Gasteiger partial charge in [0.2, 0.25) is 0 Å². The van der Waals surface area contributed by atoms with Gasteiger partial charge in [-0.3, -0.25) is 14.8 Å². The topological polar surface area (TPSA) is 99.6 Å². The van der Waals surface area contributed by atoms with E-state index in [1.807, 2.05) is 0 Å². The number of nitro groups is 1. The number of rotatable bonds is 4. The van der Waals surface area contributed by atoms with Gasteiger partial charge < -0.3 is 4.84 Å². The van der Waals surface area contributed by atoms with Crippen molar-refractivity contribution in [3.63, 3.8) is 0 Å². The van der Waals surface area contributed by atoms with Gasteiger partial charge in [0.05, 0.1) is 11.1 Å². The maximum absolute atomic E-state index is 12.7. The van der Waals surface area contributed by atoms with Crippen molar-refractivity contribution in [3.05, 3.63) is 57.4 Å². The van der Waals surface area contributed by atoms with Crippen LogP contribution < -0.4 is 0 Å². The van der Waals surface area contributed by atoms with Gasteiger partial charge in [-0.1, -0.05) is 17.3 Å². The highest BCUT2D eigenvalue weighted by molar-refractivity contribution is 5.91. The maximum Gasteiger partial charge on any atom is 0.436 e. The van der Waals surface area contributed by atoms with Crippen LogP contribution in [0.2, 0.25) is 0 Å². The number of non-ortho nitro benzene ring substituents is 1.